The van der Waals surface area contributed by atoms with E-state index in [1.165, 1.54) is 24.5 Å². The summed E-state index contributed by atoms with van der Waals surface area (Å²) in [5.74, 6) is -0.694. The number of carbonyl (C=O) groups excluding carboxylic acids is 3. The molecule has 0 radical (unpaired) electrons. The number of allylic oxidation sites excluding steroid dienone is 1. The molecule has 2 rings (SSSR count). The van der Waals surface area contributed by atoms with Crippen LogP contribution in [0.5, 0.6) is 5.75 Å². The molecule has 2 N–H and O–H groups in total. The summed E-state index contributed by atoms with van der Waals surface area (Å²) < 4.78 is 9.92. The van der Waals surface area contributed by atoms with Crippen molar-refractivity contribution in [3.8, 4) is 5.75 Å². The normalized spacial score (nSPS) is 13.5. The molecule has 7 heteroatoms. The van der Waals surface area contributed by atoms with Gasteiger partial charge in [-0.2, -0.15) is 0 Å². The van der Waals surface area contributed by atoms with E-state index in [4.69, 9.17) is 9.47 Å². The molecule has 0 heterocycles. The summed E-state index contributed by atoms with van der Waals surface area (Å²) in [7, 11) is 1.55. The highest BCUT2D eigenvalue weighted by molar-refractivity contribution is 5.96. The molecule has 0 saturated heterocycles. The van der Waals surface area contributed by atoms with Gasteiger partial charge in [0.15, 0.2) is 6.61 Å². The third-order valence-electron chi connectivity index (χ3n) is 4.22. The molecule has 0 saturated carbocycles. The van der Waals surface area contributed by atoms with E-state index in [-0.39, 0.29) is 0 Å². The van der Waals surface area contributed by atoms with Crippen LogP contribution in [0.2, 0.25) is 0 Å². The predicted molar refractivity (Wildman–Crippen MR) is 106 cm³/mol. The lowest BCUT2D eigenvalue weighted by Gasteiger charge is -2.13. The number of imide groups is 1. The van der Waals surface area contributed by atoms with Gasteiger partial charge in [-0.05, 0) is 55.9 Å². The van der Waals surface area contributed by atoms with Crippen LogP contribution in [0.3, 0.4) is 0 Å². The molecule has 0 aliphatic heterocycles. The van der Waals surface area contributed by atoms with Crippen LogP contribution in [0, 0.1) is 0 Å². The monoisotopic (exact) mass is 386 g/mol. The number of carbonyl (C=O) groups is 3. The van der Waals surface area contributed by atoms with Gasteiger partial charge in [-0.1, -0.05) is 23.8 Å². The van der Waals surface area contributed by atoms with Crippen molar-refractivity contribution in [1.29, 1.82) is 0 Å². The molecule has 0 atom stereocenters. The zero-order valence-corrected chi connectivity index (χ0v) is 16.0. The Morgan fingerprint density at radius 1 is 1.21 bits per heavy atom. The van der Waals surface area contributed by atoms with Gasteiger partial charge < -0.3 is 14.8 Å². The van der Waals surface area contributed by atoms with Gasteiger partial charge in [-0.25, -0.2) is 9.59 Å². The first-order chi connectivity index (χ1) is 13.6. The highest BCUT2D eigenvalue weighted by Gasteiger charge is 2.10. The Kier molecular flexibility index (Phi) is 8.78. The van der Waals surface area contributed by atoms with E-state index in [9.17, 15) is 14.4 Å². The van der Waals surface area contributed by atoms with Gasteiger partial charge >= 0.3 is 12.0 Å². The van der Waals surface area contributed by atoms with Crippen molar-refractivity contribution in [2.75, 3.05) is 20.3 Å². The molecule has 1 aliphatic rings. The molecule has 0 fully saturated rings. The van der Waals surface area contributed by atoms with Crippen molar-refractivity contribution in [2.45, 2.75) is 32.1 Å². The summed E-state index contributed by atoms with van der Waals surface area (Å²) in [6.45, 7) is -0.0616. The van der Waals surface area contributed by atoms with Crippen LogP contribution in [0.4, 0.5) is 4.79 Å². The number of urea groups is 1. The molecule has 1 aromatic carbocycles. The first-order valence-electron chi connectivity index (χ1n) is 9.31. The van der Waals surface area contributed by atoms with Crippen LogP contribution < -0.4 is 15.4 Å². The minimum absolute atomic E-state index is 0.466. The fraction of sp³-hybridized carbons (Fsp3) is 0.381. The summed E-state index contributed by atoms with van der Waals surface area (Å²) in [5, 5.41) is 4.76. The largest absolute Gasteiger partial charge is 0.497 e. The minimum Gasteiger partial charge on any atom is -0.497 e. The Bertz CT molecular complexity index is 755. The summed E-state index contributed by atoms with van der Waals surface area (Å²) in [5.41, 5.74) is 2.10. The molecule has 1 aromatic rings. The molecule has 3 amide bonds. The van der Waals surface area contributed by atoms with Gasteiger partial charge in [0.05, 0.1) is 7.11 Å². The van der Waals surface area contributed by atoms with Crippen molar-refractivity contribution in [3.63, 3.8) is 0 Å². The average Bonchev–Trinajstić information content (AvgIpc) is 2.71. The standard InChI is InChI=1S/C21H26N2O5/c1-27-18-9-5-8-17(14-18)10-11-20(25)28-15-19(24)23-21(26)22-13-12-16-6-3-2-4-7-16/h5-6,8-11,14H,2-4,7,12-13,15H2,1H3,(H2,22,23,24,26)/b11-10+. The Hall–Kier alpha value is -3.09. The second-order valence-electron chi connectivity index (χ2n) is 6.38. The summed E-state index contributed by atoms with van der Waals surface area (Å²) in [6, 6.07) is 6.54. The quantitative estimate of drug-likeness (QED) is 0.407. The maximum atomic E-state index is 11.7. The molecule has 0 bridgehead atoms. The average molecular weight is 386 g/mol. The van der Waals surface area contributed by atoms with Crippen molar-refractivity contribution in [1.82, 2.24) is 10.6 Å². The molecule has 0 aromatic heterocycles. The maximum Gasteiger partial charge on any atom is 0.331 e. The Morgan fingerprint density at radius 2 is 2.07 bits per heavy atom. The molecule has 28 heavy (non-hydrogen) atoms. The topological polar surface area (TPSA) is 93.7 Å². The fourth-order valence-corrected chi connectivity index (χ4v) is 2.77. The van der Waals surface area contributed by atoms with Crippen molar-refractivity contribution < 1.29 is 23.9 Å². The smallest absolute Gasteiger partial charge is 0.331 e. The van der Waals surface area contributed by atoms with Gasteiger partial charge in [0.2, 0.25) is 0 Å². The molecule has 0 spiro atoms. The number of esters is 1. The van der Waals surface area contributed by atoms with E-state index in [1.54, 1.807) is 37.5 Å². The number of methoxy groups -OCH3 is 1. The molecule has 0 unspecified atom stereocenters. The van der Waals surface area contributed by atoms with Gasteiger partial charge in [-0.15, -0.1) is 0 Å². The minimum atomic E-state index is -0.683. The summed E-state index contributed by atoms with van der Waals surface area (Å²) >= 11 is 0. The first kappa shape index (κ1) is 21.2. The molecule has 1 aliphatic carbocycles. The maximum absolute atomic E-state index is 11.7. The van der Waals surface area contributed by atoms with Crippen molar-refractivity contribution in [2.24, 2.45) is 0 Å². The van der Waals surface area contributed by atoms with Gasteiger partial charge in [0.1, 0.15) is 5.75 Å². The lowest BCUT2D eigenvalue weighted by Crippen LogP contribution is -2.41. The van der Waals surface area contributed by atoms with Crippen LogP contribution in [0.25, 0.3) is 6.08 Å². The third-order valence-corrected chi connectivity index (χ3v) is 4.22. The van der Waals surface area contributed by atoms with Crippen LogP contribution in [0.15, 0.2) is 42.0 Å². The van der Waals surface area contributed by atoms with E-state index in [2.05, 4.69) is 16.7 Å². The van der Waals surface area contributed by atoms with Gasteiger partial charge in [0, 0.05) is 12.6 Å². The Balaban J connectivity index is 1.63. The molecular weight excluding hydrogens is 360 g/mol. The zero-order chi connectivity index (χ0) is 20.2. The number of rotatable bonds is 8. The van der Waals surface area contributed by atoms with E-state index in [1.807, 2.05) is 0 Å². The highest BCUT2D eigenvalue weighted by atomic mass is 16.5. The number of hydrogen-bond donors (Lipinski definition) is 2. The third kappa shape index (κ3) is 8.07. The Morgan fingerprint density at radius 3 is 2.82 bits per heavy atom. The van der Waals surface area contributed by atoms with Crippen molar-refractivity contribution >= 4 is 24.0 Å². The van der Waals surface area contributed by atoms with Crippen LogP contribution in [-0.2, 0) is 14.3 Å². The lowest BCUT2D eigenvalue weighted by molar-refractivity contribution is -0.143. The number of nitrogens with one attached hydrogen (secondary N) is 2. The summed E-state index contributed by atoms with van der Waals surface area (Å²) in [6.07, 6.45) is 10.3. The SMILES string of the molecule is COc1cccc(/C=C/C(=O)OCC(=O)NC(=O)NCCC2=CCCCC2)c1. The number of ether oxygens (including phenoxy) is 2. The Labute approximate surface area is 164 Å². The molecular formula is C21H26N2O5. The van der Waals surface area contributed by atoms with Gasteiger partial charge in [0.25, 0.3) is 5.91 Å². The lowest BCUT2D eigenvalue weighted by atomic mass is 9.97. The van der Waals surface area contributed by atoms with Gasteiger partial charge in [-0.3, -0.25) is 10.1 Å². The number of benzene rings is 1. The zero-order valence-electron chi connectivity index (χ0n) is 16.0. The predicted octanol–water partition coefficient (Wildman–Crippen LogP) is 2.97. The van der Waals surface area contributed by atoms with Crippen LogP contribution in [-0.4, -0.2) is 38.2 Å². The summed E-state index contributed by atoms with van der Waals surface area (Å²) in [4.78, 5) is 35.0. The molecule has 7 nitrogen and oxygen atoms in total. The second-order valence-corrected chi connectivity index (χ2v) is 6.38. The second kappa shape index (κ2) is 11.6. The first-order valence-corrected chi connectivity index (χ1v) is 9.31. The molecule has 150 valence electrons. The van der Waals surface area contributed by atoms with Crippen LogP contribution >= 0.6 is 0 Å². The number of hydrogen-bond acceptors (Lipinski definition) is 5. The van der Waals surface area contributed by atoms with E-state index in [0.29, 0.717) is 12.3 Å². The van der Waals surface area contributed by atoms with E-state index < -0.39 is 24.5 Å². The van der Waals surface area contributed by atoms with E-state index in [0.717, 1.165) is 24.8 Å². The van der Waals surface area contributed by atoms with Crippen molar-refractivity contribution in [3.05, 3.63) is 47.6 Å². The van der Waals surface area contributed by atoms with Crippen LogP contribution in [0.1, 0.15) is 37.7 Å². The fourth-order valence-electron chi connectivity index (χ4n) is 2.77. The number of amides is 3. The highest BCUT2D eigenvalue weighted by Crippen LogP contribution is 2.19. The van der Waals surface area contributed by atoms with E-state index >= 15 is 0 Å².